The molecule has 0 spiro atoms. The number of hydrogen-bond acceptors (Lipinski definition) is 6. The van der Waals surface area contributed by atoms with Crippen molar-refractivity contribution in [2.45, 2.75) is 45.1 Å². The van der Waals surface area contributed by atoms with Crippen LogP contribution in [0.3, 0.4) is 0 Å². The first kappa shape index (κ1) is 26.2. The highest BCUT2D eigenvalue weighted by molar-refractivity contribution is 7.11. The number of benzene rings is 1. The van der Waals surface area contributed by atoms with Crippen molar-refractivity contribution in [3.63, 3.8) is 0 Å². The summed E-state index contributed by atoms with van der Waals surface area (Å²) < 4.78 is 5.25. The number of rotatable bonds is 4. The van der Waals surface area contributed by atoms with Crippen molar-refractivity contribution in [3.8, 4) is 0 Å². The van der Waals surface area contributed by atoms with Crippen molar-refractivity contribution in [3.05, 3.63) is 51.1 Å². The summed E-state index contributed by atoms with van der Waals surface area (Å²) in [5.41, 5.74) is 12.4. The van der Waals surface area contributed by atoms with E-state index in [4.69, 9.17) is 27.8 Å². The molecule has 1 aliphatic carbocycles. The maximum Gasteiger partial charge on any atom is 0.277 e. The van der Waals surface area contributed by atoms with Crippen LogP contribution < -0.4 is 11.5 Å². The number of primary amides is 2. The van der Waals surface area contributed by atoms with Crippen molar-refractivity contribution in [2.24, 2.45) is 11.5 Å². The predicted octanol–water partition coefficient (Wildman–Crippen LogP) is 4.34. The van der Waals surface area contributed by atoms with E-state index in [9.17, 15) is 9.59 Å². The number of aromatic amines is 1. The van der Waals surface area contributed by atoms with Crippen molar-refractivity contribution in [1.29, 1.82) is 0 Å². The second-order valence-electron chi connectivity index (χ2n) is 8.30. The first-order chi connectivity index (χ1) is 16.4. The Labute approximate surface area is 208 Å². The predicted molar refractivity (Wildman–Crippen MR) is 136 cm³/mol. The largest absolute Gasteiger partial charge is 0.379 e. The Hall–Kier alpha value is -2.46. The second-order valence-corrected chi connectivity index (χ2v) is 9.59. The molecule has 3 aromatic rings. The van der Waals surface area contributed by atoms with E-state index in [1.807, 2.05) is 11.4 Å². The highest BCUT2D eigenvalue weighted by Crippen LogP contribution is 2.19. The maximum atomic E-state index is 10.8. The van der Waals surface area contributed by atoms with Gasteiger partial charge in [-0.3, -0.25) is 14.5 Å². The van der Waals surface area contributed by atoms with Crippen molar-refractivity contribution in [1.82, 2.24) is 14.9 Å². The zero-order chi connectivity index (χ0) is 24.3. The van der Waals surface area contributed by atoms with Crippen LogP contribution in [0, 0.1) is 0 Å². The third-order valence-corrected chi connectivity index (χ3v) is 6.74. The van der Waals surface area contributed by atoms with Crippen molar-refractivity contribution < 1.29 is 14.3 Å². The van der Waals surface area contributed by atoms with Gasteiger partial charge >= 0.3 is 0 Å². The van der Waals surface area contributed by atoms with Gasteiger partial charge in [0, 0.05) is 40.9 Å². The number of halogens is 1. The highest BCUT2D eigenvalue weighted by atomic mass is 35.5. The molecule has 0 unspecified atom stereocenters. The molecule has 2 aromatic heterocycles. The van der Waals surface area contributed by atoms with Gasteiger partial charge in [-0.15, -0.1) is 11.3 Å². The average Bonchev–Trinajstić information content (AvgIpc) is 3.49. The molecule has 8 nitrogen and oxygen atoms in total. The lowest BCUT2D eigenvalue weighted by atomic mass is 10.0. The van der Waals surface area contributed by atoms with Gasteiger partial charge in [-0.2, -0.15) is 0 Å². The summed E-state index contributed by atoms with van der Waals surface area (Å²) in [6.07, 6.45) is 9.00. The summed E-state index contributed by atoms with van der Waals surface area (Å²) in [5, 5.41) is 3.80. The number of hydrogen-bond donors (Lipinski definition) is 3. The van der Waals surface area contributed by atoms with Crippen LogP contribution in [0.4, 0.5) is 0 Å². The van der Waals surface area contributed by atoms with E-state index in [-0.39, 0.29) is 0 Å². The molecule has 0 atom stereocenters. The first-order valence-electron chi connectivity index (χ1n) is 11.5. The number of thiazole rings is 1. The Morgan fingerprint density at radius 3 is 2.24 bits per heavy atom. The van der Waals surface area contributed by atoms with E-state index < -0.39 is 11.8 Å². The van der Waals surface area contributed by atoms with Crippen LogP contribution in [0.2, 0.25) is 5.02 Å². The lowest BCUT2D eigenvalue weighted by Crippen LogP contribution is -2.35. The normalized spacial score (nSPS) is 16.1. The monoisotopic (exact) mass is 505 g/mol. The minimum absolute atomic E-state index is 0.387. The fourth-order valence-electron chi connectivity index (χ4n) is 3.78. The Kier molecular flexibility index (Phi) is 10.3. The molecule has 5 N–H and O–H groups in total. The van der Waals surface area contributed by atoms with E-state index in [1.165, 1.54) is 49.9 Å². The van der Waals surface area contributed by atoms with E-state index in [0.29, 0.717) is 15.7 Å². The number of carbonyl (C=O) groups excluding carboxylic acids is 2. The zero-order valence-corrected chi connectivity index (χ0v) is 20.8. The van der Waals surface area contributed by atoms with Gasteiger partial charge < -0.3 is 21.2 Å². The summed E-state index contributed by atoms with van der Waals surface area (Å²) in [5.74, 6) is -0.916. The van der Waals surface area contributed by atoms with Crippen LogP contribution in [0.15, 0.2) is 29.6 Å². The Morgan fingerprint density at radius 2 is 1.68 bits per heavy atom. The lowest BCUT2D eigenvalue weighted by molar-refractivity contribution is 0.0337. The Balaban J connectivity index is 0.000000155. The van der Waals surface area contributed by atoms with Gasteiger partial charge in [-0.25, -0.2) is 4.98 Å². The SMILES string of the molecule is C1CCCCC1.NC(=O)c1cc2cc(Cl)ccc2[nH]1.NC(=O)c1nc(CN2CCOCC2)cs1. The third-order valence-electron chi connectivity index (χ3n) is 5.60. The molecule has 5 rings (SSSR count). The van der Waals surface area contributed by atoms with Gasteiger partial charge in [0.15, 0.2) is 5.01 Å². The summed E-state index contributed by atoms with van der Waals surface area (Å²) in [7, 11) is 0. The first-order valence-corrected chi connectivity index (χ1v) is 12.8. The Morgan fingerprint density at radius 1 is 1.03 bits per heavy atom. The molecule has 0 radical (unpaired) electrons. The van der Waals surface area contributed by atoms with Gasteiger partial charge in [0.1, 0.15) is 5.69 Å². The van der Waals surface area contributed by atoms with E-state index in [1.54, 1.807) is 18.2 Å². The summed E-state index contributed by atoms with van der Waals surface area (Å²) >= 11 is 7.08. The van der Waals surface area contributed by atoms with E-state index >= 15 is 0 Å². The number of nitrogens with two attached hydrogens (primary N) is 2. The minimum atomic E-state index is -0.465. The number of fused-ring (bicyclic) bond motifs is 1. The molecule has 0 bridgehead atoms. The zero-order valence-electron chi connectivity index (χ0n) is 19.2. The van der Waals surface area contributed by atoms with E-state index in [2.05, 4.69) is 14.9 Å². The molecule has 1 saturated heterocycles. The van der Waals surface area contributed by atoms with Gasteiger partial charge in [0.25, 0.3) is 11.8 Å². The lowest BCUT2D eigenvalue weighted by Gasteiger charge is -2.25. The molecule has 3 heterocycles. The van der Waals surface area contributed by atoms with Gasteiger partial charge in [0.05, 0.1) is 18.9 Å². The van der Waals surface area contributed by atoms with Gasteiger partial charge in [-0.1, -0.05) is 50.1 Å². The van der Waals surface area contributed by atoms with Crippen LogP contribution in [0.1, 0.15) is 64.5 Å². The van der Waals surface area contributed by atoms with Gasteiger partial charge in [0.2, 0.25) is 0 Å². The minimum Gasteiger partial charge on any atom is -0.379 e. The quantitative estimate of drug-likeness (QED) is 0.486. The molecule has 2 amide bonds. The number of aromatic nitrogens is 2. The standard InChI is InChI=1S/C9H7ClN2O.C9H13N3O2S.C6H12/c10-6-1-2-7-5(3-6)4-8(12-7)9(11)13;10-8(13)9-11-7(6-15-9)5-12-1-3-14-4-2-12;1-2-4-6-5-3-1/h1-4,12H,(H2,11,13);6H,1-5H2,(H2,10,13);1-6H2. The molecule has 2 aliphatic rings. The molecule has 1 aromatic carbocycles. The van der Waals surface area contributed by atoms with Crippen LogP contribution in [-0.4, -0.2) is 53.0 Å². The summed E-state index contributed by atoms with van der Waals surface area (Å²) in [6, 6.07) is 7.03. The number of morpholine rings is 1. The molecular formula is C24H32ClN5O3S. The molecule has 34 heavy (non-hydrogen) atoms. The molecular weight excluding hydrogens is 474 g/mol. The summed E-state index contributed by atoms with van der Waals surface area (Å²) in [6.45, 7) is 4.15. The number of nitrogens with one attached hydrogen (secondary N) is 1. The fourth-order valence-corrected chi connectivity index (χ4v) is 4.62. The number of ether oxygens (including phenoxy) is 1. The average molecular weight is 506 g/mol. The molecule has 184 valence electrons. The molecule has 10 heteroatoms. The highest BCUT2D eigenvalue weighted by Gasteiger charge is 2.13. The van der Waals surface area contributed by atoms with Crippen molar-refractivity contribution in [2.75, 3.05) is 26.3 Å². The number of nitrogens with zero attached hydrogens (tertiary/aromatic N) is 2. The van der Waals surface area contributed by atoms with E-state index in [0.717, 1.165) is 49.4 Å². The molecule has 2 fully saturated rings. The summed E-state index contributed by atoms with van der Waals surface area (Å²) in [4.78, 5) is 31.0. The van der Waals surface area contributed by atoms with Crippen LogP contribution in [0.25, 0.3) is 10.9 Å². The number of H-pyrrole nitrogens is 1. The third kappa shape index (κ3) is 8.39. The fraction of sp³-hybridized carbons (Fsp3) is 0.458. The van der Waals surface area contributed by atoms with Crippen LogP contribution in [0.5, 0.6) is 0 Å². The Bertz CT molecular complexity index is 1060. The number of carbonyl (C=O) groups is 2. The van der Waals surface area contributed by atoms with Crippen molar-refractivity contribution >= 4 is 45.7 Å². The molecule has 1 saturated carbocycles. The smallest absolute Gasteiger partial charge is 0.277 e. The number of amides is 2. The van der Waals surface area contributed by atoms with Crippen LogP contribution >= 0.6 is 22.9 Å². The molecule has 1 aliphatic heterocycles. The van der Waals surface area contributed by atoms with Crippen LogP contribution in [-0.2, 0) is 11.3 Å². The maximum absolute atomic E-state index is 10.8. The van der Waals surface area contributed by atoms with Gasteiger partial charge in [-0.05, 0) is 24.3 Å². The topological polar surface area (TPSA) is 127 Å². The second kappa shape index (κ2) is 13.4.